The van der Waals surface area contributed by atoms with Crippen LogP contribution in [0, 0.1) is 5.82 Å². The predicted molar refractivity (Wildman–Crippen MR) is 74.4 cm³/mol. The molecule has 0 saturated carbocycles. The molecule has 3 rings (SSSR count). The molecule has 1 aliphatic heterocycles. The first-order valence-corrected chi connectivity index (χ1v) is 6.89. The van der Waals surface area contributed by atoms with E-state index in [2.05, 4.69) is 9.88 Å². The Kier molecular flexibility index (Phi) is 3.80. The summed E-state index contributed by atoms with van der Waals surface area (Å²) in [5.74, 6) is 0.171. The normalized spacial score (nSPS) is 20.2. The van der Waals surface area contributed by atoms with Crippen LogP contribution >= 0.6 is 0 Å². The van der Waals surface area contributed by atoms with Crippen LogP contribution in [0.15, 0.2) is 34.9 Å². The number of hydrogen-bond acceptors (Lipinski definition) is 4. The maximum Gasteiger partial charge on any atom is 0.226 e. The third-order valence-corrected chi connectivity index (χ3v) is 3.55. The molecule has 1 fully saturated rings. The second-order valence-electron chi connectivity index (χ2n) is 5.29. The minimum atomic E-state index is -0.288. The van der Waals surface area contributed by atoms with Crippen molar-refractivity contribution in [3.05, 3.63) is 42.0 Å². The van der Waals surface area contributed by atoms with Crippen LogP contribution in [0.4, 0.5) is 4.39 Å². The van der Waals surface area contributed by atoms with Crippen LogP contribution < -0.4 is 5.73 Å². The second kappa shape index (κ2) is 5.73. The molecule has 5 heteroatoms. The van der Waals surface area contributed by atoms with Gasteiger partial charge in [0.05, 0.1) is 5.69 Å². The molecule has 2 N–H and O–H groups in total. The highest BCUT2D eigenvalue weighted by Gasteiger charge is 2.18. The molecule has 1 aromatic heterocycles. The summed E-state index contributed by atoms with van der Waals surface area (Å²) in [6, 6.07) is 6.51. The maximum atomic E-state index is 13.2. The highest BCUT2D eigenvalue weighted by Crippen LogP contribution is 2.20. The molecule has 0 aliphatic carbocycles. The number of oxazole rings is 1. The Morgan fingerprint density at radius 3 is 3.15 bits per heavy atom. The van der Waals surface area contributed by atoms with Gasteiger partial charge in [0.25, 0.3) is 0 Å². The topological polar surface area (TPSA) is 55.3 Å². The fraction of sp³-hybridized carbons (Fsp3) is 0.400. The standard InChI is InChI=1S/C15H18FN3O/c16-12-4-1-3-11(7-12)15-18-14(10-20-15)9-19-6-2-5-13(17)8-19/h1,3-4,7,10,13H,2,5-6,8-9,17H2/t13-/m1/s1. The van der Waals surface area contributed by atoms with Gasteiger partial charge in [0.15, 0.2) is 0 Å². The van der Waals surface area contributed by atoms with Crippen LogP contribution in [0.2, 0.25) is 0 Å². The molecule has 0 amide bonds. The molecule has 2 heterocycles. The van der Waals surface area contributed by atoms with Crippen LogP contribution in [0.1, 0.15) is 18.5 Å². The van der Waals surface area contributed by atoms with Gasteiger partial charge in [-0.1, -0.05) is 6.07 Å². The van der Waals surface area contributed by atoms with Gasteiger partial charge in [-0.15, -0.1) is 0 Å². The SMILES string of the molecule is N[C@@H]1CCCN(Cc2coc(-c3cccc(F)c3)n2)C1. The molecule has 20 heavy (non-hydrogen) atoms. The summed E-state index contributed by atoms with van der Waals surface area (Å²) < 4.78 is 18.6. The van der Waals surface area contributed by atoms with Gasteiger partial charge in [0, 0.05) is 24.7 Å². The van der Waals surface area contributed by atoms with Crippen molar-refractivity contribution in [2.75, 3.05) is 13.1 Å². The van der Waals surface area contributed by atoms with E-state index >= 15 is 0 Å². The van der Waals surface area contributed by atoms with Gasteiger partial charge < -0.3 is 10.2 Å². The van der Waals surface area contributed by atoms with E-state index < -0.39 is 0 Å². The highest BCUT2D eigenvalue weighted by atomic mass is 19.1. The highest BCUT2D eigenvalue weighted by molar-refractivity contribution is 5.52. The molecular formula is C15H18FN3O. The molecule has 1 aromatic carbocycles. The molecule has 1 aliphatic rings. The summed E-state index contributed by atoms with van der Waals surface area (Å²) >= 11 is 0. The molecule has 1 saturated heterocycles. The Bertz CT molecular complexity index is 584. The Morgan fingerprint density at radius 1 is 1.45 bits per heavy atom. The van der Waals surface area contributed by atoms with Crippen molar-refractivity contribution >= 4 is 0 Å². The molecule has 0 unspecified atom stereocenters. The molecule has 0 bridgehead atoms. The largest absolute Gasteiger partial charge is 0.444 e. The predicted octanol–water partition coefficient (Wildman–Crippen LogP) is 2.40. The average molecular weight is 275 g/mol. The molecule has 106 valence electrons. The molecule has 0 radical (unpaired) electrons. The Morgan fingerprint density at radius 2 is 2.35 bits per heavy atom. The van der Waals surface area contributed by atoms with Crippen LogP contribution in [-0.2, 0) is 6.54 Å². The fourth-order valence-electron chi connectivity index (χ4n) is 2.60. The monoisotopic (exact) mass is 275 g/mol. The van der Waals surface area contributed by atoms with Crippen molar-refractivity contribution in [3.63, 3.8) is 0 Å². The lowest BCUT2D eigenvalue weighted by Gasteiger charge is -2.29. The zero-order chi connectivity index (χ0) is 13.9. The summed E-state index contributed by atoms with van der Waals surface area (Å²) in [7, 11) is 0. The Hall–Kier alpha value is -1.72. The summed E-state index contributed by atoms with van der Waals surface area (Å²) in [6.07, 6.45) is 3.85. The number of aromatic nitrogens is 1. The fourth-order valence-corrected chi connectivity index (χ4v) is 2.60. The number of nitrogens with two attached hydrogens (primary N) is 1. The van der Waals surface area contributed by atoms with Crippen molar-refractivity contribution in [2.24, 2.45) is 5.73 Å². The van der Waals surface area contributed by atoms with Gasteiger partial charge in [-0.25, -0.2) is 9.37 Å². The number of hydrogen-bond donors (Lipinski definition) is 1. The first kappa shape index (κ1) is 13.3. The van der Waals surface area contributed by atoms with Crippen molar-refractivity contribution < 1.29 is 8.81 Å². The van der Waals surface area contributed by atoms with E-state index in [1.54, 1.807) is 18.4 Å². The van der Waals surface area contributed by atoms with E-state index in [0.29, 0.717) is 11.5 Å². The van der Waals surface area contributed by atoms with Gasteiger partial charge in [0.1, 0.15) is 12.1 Å². The Labute approximate surface area is 117 Å². The van der Waals surface area contributed by atoms with E-state index in [0.717, 1.165) is 38.2 Å². The summed E-state index contributed by atoms with van der Waals surface area (Å²) in [5.41, 5.74) is 7.48. The summed E-state index contributed by atoms with van der Waals surface area (Å²) in [4.78, 5) is 6.70. The summed E-state index contributed by atoms with van der Waals surface area (Å²) in [6.45, 7) is 2.66. The first-order valence-electron chi connectivity index (χ1n) is 6.89. The van der Waals surface area contributed by atoms with Gasteiger partial charge in [0.2, 0.25) is 5.89 Å². The number of nitrogens with zero attached hydrogens (tertiary/aromatic N) is 2. The van der Waals surface area contributed by atoms with Gasteiger partial charge in [-0.2, -0.15) is 0 Å². The number of benzene rings is 1. The van der Waals surface area contributed by atoms with Crippen LogP contribution in [0.3, 0.4) is 0 Å². The minimum Gasteiger partial charge on any atom is -0.444 e. The quantitative estimate of drug-likeness (QED) is 0.934. The van der Waals surface area contributed by atoms with Crippen molar-refractivity contribution in [3.8, 4) is 11.5 Å². The van der Waals surface area contributed by atoms with Gasteiger partial charge in [-0.05, 0) is 37.6 Å². The first-order chi connectivity index (χ1) is 9.70. The summed E-state index contributed by atoms with van der Waals surface area (Å²) in [5, 5.41) is 0. The van der Waals surface area contributed by atoms with Crippen molar-refractivity contribution in [1.82, 2.24) is 9.88 Å². The van der Waals surface area contributed by atoms with E-state index in [9.17, 15) is 4.39 Å². The Balaban J connectivity index is 1.70. The average Bonchev–Trinajstić information content (AvgIpc) is 2.87. The molecule has 4 nitrogen and oxygen atoms in total. The maximum absolute atomic E-state index is 13.2. The van der Waals surface area contributed by atoms with Crippen molar-refractivity contribution in [1.29, 1.82) is 0 Å². The van der Waals surface area contributed by atoms with E-state index in [-0.39, 0.29) is 11.9 Å². The zero-order valence-electron chi connectivity index (χ0n) is 11.3. The third-order valence-electron chi connectivity index (χ3n) is 3.55. The van der Waals surface area contributed by atoms with E-state index in [4.69, 9.17) is 10.2 Å². The molecule has 2 aromatic rings. The molecule has 0 spiro atoms. The minimum absolute atomic E-state index is 0.248. The number of piperidine rings is 1. The molecule has 1 atom stereocenters. The van der Waals surface area contributed by atoms with Crippen LogP contribution in [0.5, 0.6) is 0 Å². The van der Waals surface area contributed by atoms with Crippen molar-refractivity contribution in [2.45, 2.75) is 25.4 Å². The lowest BCUT2D eigenvalue weighted by Crippen LogP contribution is -2.42. The smallest absolute Gasteiger partial charge is 0.226 e. The number of likely N-dealkylation sites (tertiary alicyclic amines) is 1. The second-order valence-corrected chi connectivity index (χ2v) is 5.29. The lowest BCUT2D eigenvalue weighted by atomic mass is 10.1. The number of halogens is 1. The molecular weight excluding hydrogens is 257 g/mol. The lowest BCUT2D eigenvalue weighted by molar-refractivity contribution is 0.199. The van der Waals surface area contributed by atoms with Gasteiger partial charge in [-0.3, -0.25) is 4.90 Å². The van der Waals surface area contributed by atoms with E-state index in [1.807, 2.05) is 0 Å². The number of rotatable bonds is 3. The van der Waals surface area contributed by atoms with Crippen LogP contribution in [0.25, 0.3) is 11.5 Å². The third kappa shape index (κ3) is 3.05. The van der Waals surface area contributed by atoms with E-state index in [1.165, 1.54) is 12.1 Å². The van der Waals surface area contributed by atoms with Crippen LogP contribution in [-0.4, -0.2) is 29.0 Å². The van der Waals surface area contributed by atoms with Gasteiger partial charge >= 0.3 is 0 Å². The zero-order valence-corrected chi connectivity index (χ0v) is 11.3.